The third-order valence-electron chi connectivity index (χ3n) is 2.84. The number of rotatable bonds is 8. The standard InChI is InChI=1S/C15H23FN4O2.HI/c1-17-15(20-9-10-22-2)19-8-7-18-14(21)11-12-3-5-13(16)6-4-12;/h3-6H,7-11H2,1-2H3,(H,18,21)(H2,17,19,20);1H. The molecule has 0 atom stereocenters. The molecule has 0 bridgehead atoms. The summed E-state index contributed by atoms with van der Waals surface area (Å²) in [6, 6.07) is 5.91. The van der Waals surface area contributed by atoms with E-state index in [0.29, 0.717) is 32.2 Å². The van der Waals surface area contributed by atoms with Gasteiger partial charge in [-0.1, -0.05) is 12.1 Å². The van der Waals surface area contributed by atoms with Gasteiger partial charge in [0.25, 0.3) is 0 Å². The van der Waals surface area contributed by atoms with Crippen LogP contribution in [0.1, 0.15) is 5.56 Å². The van der Waals surface area contributed by atoms with E-state index in [-0.39, 0.29) is 42.1 Å². The molecule has 0 unspecified atom stereocenters. The van der Waals surface area contributed by atoms with Crippen LogP contribution in [-0.2, 0) is 16.0 Å². The second-order valence-electron chi connectivity index (χ2n) is 4.57. The SMILES string of the molecule is CN=C(NCCNC(=O)Cc1ccc(F)cc1)NCCOC.I. The van der Waals surface area contributed by atoms with Crippen molar-refractivity contribution in [3.05, 3.63) is 35.6 Å². The normalized spacial score (nSPS) is 10.7. The van der Waals surface area contributed by atoms with Crippen molar-refractivity contribution in [2.45, 2.75) is 6.42 Å². The van der Waals surface area contributed by atoms with E-state index >= 15 is 0 Å². The Morgan fingerprint density at radius 3 is 2.35 bits per heavy atom. The topological polar surface area (TPSA) is 74.8 Å². The monoisotopic (exact) mass is 438 g/mol. The summed E-state index contributed by atoms with van der Waals surface area (Å²) >= 11 is 0. The molecular formula is C15H24FIN4O2. The summed E-state index contributed by atoms with van der Waals surface area (Å²) < 4.78 is 17.7. The zero-order valence-corrected chi connectivity index (χ0v) is 15.7. The number of carbonyl (C=O) groups is 1. The number of halogens is 2. The molecule has 0 fully saturated rings. The van der Waals surface area contributed by atoms with Crippen LogP contribution in [0.4, 0.5) is 4.39 Å². The van der Waals surface area contributed by atoms with Crippen LogP contribution in [0.5, 0.6) is 0 Å². The Morgan fingerprint density at radius 2 is 1.74 bits per heavy atom. The first kappa shape index (κ1) is 21.6. The van der Waals surface area contributed by atoms with E-state index in [9.17, 15) is 9.18 Å². The molecule has 23 heavy (non-hydrogen) atoms. The number of guanidine groups is 1. The average Bonchev–Trinajstić information content (AvgIpc) is 2.52. The number of hydrogen-bond acceptors (Lipinski definition) is 3. The molecule has 0 saturated carbocycles. The van der Waals surface area contributed by atoms with Crippen molar-refractivity contribution in [1.29, 1.82) is 0 Å². The highest BCUT2D eigenvalue weighted by molar-refractivity contribution is 14.0. The largest absolute Gasteiger partial charge is 0.383 e. The maximum absolute atomic E-state index is 12.8. The van der Waals surface area contributed by atoms with Gasteiger partial charge in [-0.05, 0) is 17.7 Å². The van der Waals surface area contributed by atoms with Crippen LogP contribution in [0.15, 0.2) is 29.3 Å². The van der Waals surface area contributed by atoms with Crippen molar-refractivity contribution in [3.8, 4) is 0 Å². The zero-order chi connectivity index (χ0) is 16.2. The second kappa shape index (κ2) is 13.1. The van der Waals surface area contributed by atoms with Gasteiger partial charge in [0.1, 0.15) is 5.82 Å². The molecule has 0 heterocycles. The number of benzene rings is 1. The number of nitrogens with zero attached hydrogens (tertiary/aromatic N) is 1. The first-order valence-electron chi connectivity index (χ1n) is 7.10. The van der Waals surface area contributed by atoms with Crippen LogP contribution in [0.3, 0.4) is 0 Å². The minimum Gasteiger partial charge on any atom is -0.383 e. The maximum Gasteiger partial charge on any atom is 0.224 e. The number of aliphatic imine (C=N–C) groups is 1. The third kappa shape index (κ3) is 10.1. The molecule has 6 nitrogen and oxygen atoms in total. The van der Waals surface area contributed by atoms with Gasteiger partial charge in [-0.25, -0.2) is 4.39 Å². The van der Waals surface area contributed by atoms with E-state index in [4.69, 9.17) is 4.74 Å². The fraction of sp³-hybridized carbons (Fsp3) is 0.467. The molecule has 0 aliphatic rings. The molecule has 0 radical (unpaired) electrons. The van der Waals surface area contributed by atoms with Gasteiger partial charge < -0.3 is 20.7 Å². The first-order valence-corrected chi connectivity index (χ1v) is 7.10. The number of nitrogens with one attached hydrogen (secondary N) is 3. The molecule has 0 aromatic heterocycles. The van der Waals surface area contributed by atoms with Crippen LogP contribution in [0.2, 0.25) is 0 Å². The number of carbonyl (C=O) groups excluding carboxylic acids is 1. The van der Waals surface area contributed by atoms with Gasteiger partial charge >= 0.3 is 0 Å². The lowest BCUT2D eigenvalue weighted by atomic mass is 10.1. The fourth-order valence-corrected chi connectivity index (χ4v) is 1.73. The van der Waals surface area contributed by atoms with Gasteiger partial charge in [-0.3, -0.25) is 9.79 Å². The molecule has 1 aromatic rings. The second-order valence-corrected chi connectivity index (χ2v) is 4.57. The summed E-state index contributed by atoms with van der Waals surface area (Å²) in [6.07, 6.45) is 0.237. The molecule has 1 aromatic carbocycles. The highest BCUT2D eigenvalue weighted by Crippen LogP contribution is 2.03. The summed E-state index contributed by atoms with van der Waals surface area (Å²) in [7, 11) is 3.31. The minimum absolute atomic E-state index is 0. The summed E-state index contributed by atoms with van der Waals surface area (Å²) in [5.41, 5.74) is 0.781. The smallest absolute Gasteiger partial charge is 0.224 e. The predicted octanol–water partition coefficient (Wildman–Crippen LogP) is 0.914. The van der Waals surface area contributed by atoms with Crippen LogP contribution in [0.25, 0.3) is 0 Å². The molecular weight excluding hydrogens is 414 g/mol. The minimum atomic E-state index is -0.305. The Morgan fingerprint density at radius 1 is 1.13 bits per heavy atom. The number of hydrogen-bond donors (Lipinski definition) is 3. The predicted molar refractivity (Wildman–Crippen MR) is 99.8 cm³/mol. The van der Waals surface area contributed by atoms with Crippen LogP contribution >= 0.6 is 24.0 Å². The number of ether oxygens (including phenoxy) is 1. The molecule has 0 aliphatic carbocycles. The van der Waals surface area contributed by atoms with Crippen LogP contribution < -0.4 is 16.0 Å². The summed E-state index contributed by atoms with van der Waals surface area (Å²) in [4.78, 5) is 15.8. The Hall–Kier alpha value is -1.42. The van der Waals surface area contributed by atoms with E-state index < -0.39 is 0 Å². The van der Waals surface area contributed by atoms with E-state index in [2.05, 4.69) is 20.9 Å². The molecule has 8 heteroatoms. The van der Waals surface area contributed by atoms with Crippen molar-refractivity contribution in [2.75, 3.05) is 40.4 Å². The highest BCUT2D eigenvalue weighted by atomic mass is 127. The summed E-state index contributed by atoms with van der Waals surface area (Å²) in [6.45, 7) is 2.29. The van der Waals surface area contributed by atoms with Crippen LogP contribution in [0, 0.1) is 5.82 Å². The number of amides is 1. The van der Waals surface area contributed by atoms with E-state index in [1.165, 1.54) is 12.1 Å². The lowest BCUT2D eigenvalue weighted by molar-refractivity contribution is -0.120. The third-order valence-corrected chi connectivity index (χ3v) is 2.84. The molecule has 1 rings (SSSR count). The van der Waals surface area contributed by atoms with E-state index in [1.807, 2.05) is 0 Å². The van der Waals surface area contributed by atoms with Crippen molar-refractivity contribution < 1.29 is 13.9 Å². The van der Waals surface area contributed by atoms with Crippen LogP contribution in [-0.4, -0.2) is 52.3 Å². The van der Waals surface area contributed by atoms with E-state index in [1.54, 1.807) is 26.3 Å². The lowest BCUT2D eigenvalue weighted by Gasteiger charge is -2.12. The Balaban J connectivity index is 0.00000484. The van der Waals surface area contributed by atoms with Gasteiger partial charge in [0.15, 0.2) is 5.96 Å². The van der Waals surface area contributed by atoms with Gasteiger partial charge in [-0.15, -0.1) is 24.0 Å². The van der Waals surface area contributed by atoms with Gasteiger partial charge in [0.2, 0.25) is 5.91 Å². The number of methoxy groups -OCH3 is 1. The van der Waals surface area contributed by atoms with Crippen molar-refractivity contribution in [3.63, 3.8) is 0 Å². The maximum atomic E-state index is 12.8. The van der Waals surface area contributed by atoms with Gasteiger partial charge in [0, 0.05) is 33.8 Å². The fourth-order valence-electron chi connectivity index (χ4n) is 1.73. The molecule has 1 amide bonds. The summed E-state index contributed by atoms with van der Waals surface area (Å²) in [5, 5.41) is 8.93. The molecule has 130 valence electrons. The molecule has 0 aliphatic heterocycles. The van der Waals surface area contributed by atoms with Gasteiger partial charge in [0.05, 0.1) is 13.0 Å². The van der Waals surface area contributed by atoms with E-state index in [0.717, 1.165) is 5.56 Å². The average molecular weight is 438 g/mol. The lowest BCUT2D eigenvalue weighted by Crippen LogP contribution is -2.42. The summed E-state index contributed by atoms with van der Waals surface area (Å²) in [5.74, 6) is 0.251. The Labute approximate surface area is 153 Å². The zero-order valence-electron chi connectivity index (χ0n) is 13.4. The molecule has 0 spiro atoms. The Bertz CT molecular complexity index is 483. The molecule has 0 saturated heterocycles. The van der Waals surface area contributed by atoms with Crippen molar-refractivity contribution in [2.24, 2.45) is 4.99 Å². The first-order chi connectivity index (χ1) is 10.7. The molecule has 3 N–H and O–H groups in total. The van der Waals surface area contributed by atoms with Crippen molar-refractivity contribution in [1.82, 2.24) is 16.0 Å². The highest BCUT2D eigenvalue weighted by Gasteiger charge is 2.03. The van der Waals surface area contributed by atoms with Crippen molar-refractivity contribution >= 4 is 35.8 Å². The Kier molecular flexibility index (Phi) is 12.3. The quantitative estimate of drug-likeness (QED) is 0.244. The van der Waals surface area contributed by atoms with Gasteiger partial charge in [-0.2, -0.15) is 0 Å².